The molecule has 2 unspecified atom stereocenters. The van der Waals surface area contributed by atoms with Crippen LogP contribution in [-0.2, 0) is 25.6 Å². The lowest BCUT2D eigenvalue weighted by Gasteiger charge is -2.08. The Morgan fingerprint density at radius 1 is 1.00 bits per heavy atom. The average molecular weight is 385 g/mol. The largest absolute Gasteiger partial charge is 0.696 e. The molecule has 0 aliphatic rings. The number of aryl methyl sites for hydroxylation is 1. The van der Waals surface area contributed by atoms with Gasteiger partial charge < -0.3 is 4.74 Å². The molecule has 0 spiro atoms. The van der Waals surface area contributed by atoms with Crippen LogP contribution in [0.5, 0.6) is 11.5 Å². The first kappa shape index (κ1) is 19.5. The molecule has 0 aromatic heterocycles. The minimum absolute atomic E-state index is 0.0945. The zero-order chi connectivity index (χ0) is 18.3. The van der Waals surface area contributed by atoms with Gasteiger partial charge in [0, 0.05) is 4.57 Å². The third-order valence-electron chi connectivity index (χ3n) is 3.35. The number of benzene rings is 2. The highest BCUT2D eigenvalue weighted by atomic mass is 32.2. The molecule has 0 saturated carbocycles. The summed E-state index contributed by atoms with van der Waals surface area (Å²) < 4.78 is 51.8. The van der Waals surface area contributed by atoms with Crippen molar-refractivity contribution in [2.24, 2.45) is 0 Å². The molecular weight excluding hydrogens is 367 g/mol. The Balaban J connectivity index is 1.87. The summed E-state index contributed by atoms with van der Waals surface area (Å²) in [5.41, 5.74) is -0.773. The molecule has 0 amide bonds. The van der Waals surface area contributed by atoms with Crippen molar-refractivity contribution in [2.75, 3.05) is 0 Å². The second-order valence-electron chi connectivity index (χ2n) is 5.24. The van der Waals surface area contributed by atoms with E-state index >= 15 is 0 Å². The topological polar surface area (TPSA) is 110 Å². The maximum Gasteiger partial charge on any atom is 0.696 e. The molecule has 0 saturated heterocycles. The Kier molecular flexibility index (Phi) is 7.04. The maximum atomic E-state index is 11.1. The van der Waals surface area contributed by atoms with Crippen molar-refractivity contribution in [3.8, 4) is 11.5 Å². The minimum atomic E-state index is -4.54. The van der Waals surface area contributed by atoms with E-state index in [1.54, 1.807) is 12.1 Å². The van der Waals surface area contributed by atoms with E-state index in [-0.39, 0.29) is 6.42 Å². The van der Waals surface area contributed by atoms with Gasteiger partial charge in [-0.15, -0.1) is 4.89 Å². The number of hydrogen-bond donors (Lipinski definition) is 2. The van der Waals surface area contributed by atoms with Gasteiger partial charge in [-0.25, -0.2) is 0 Å². The molecule has 134 valence electrons. The van der Waals surface area contributed by atoms with Crippen molar-refractivity contribution >= 4 is 18.4 Å². The van der Waals surface area contributed by atoms with Gasteiger partial charge >= 0.3 is 8.25 Å². The first-order chi connectivity index (χ1) is 11.8. The SMILES string of the molecule is O=[P+](O)OC(CCCc1ccc(Oc2ccccc2)cc1)S(=O)(=O)O. The zero-order valence-electron chi connectivity index (χ0n) is 13.2. The van der Waals surface area contributed by atoms with Gasteiger partial charge in [-0.05, 0) is 49.1 Å². The molecule has 0 heterocycles. The van der Waals surface area contributed by atoms with Gasteiger partial charge in [-0.1, -0.05) is 34.9 Å². The molecule has 2 aromatic rings. The van der Waals surface area contributed by atoms with Crippen LogP contribution in [0.4, 0.5) is 0 Å². The smallest absolute Gasteiger partial charge is 0.457 e. The normalized spacial score (nSPS) is 13.3. The van der Waals surface area contributed by atoms with Crippen LogP contribution in [0.25, 0.3) is 0 Å². The molecule has 2 rings (SSSR count). The Hall–Kier alpha value is -1.83. The highest BCUT2D eigenvalue weighted by Crippen LogP contribution is 2.25. The summed E-state index contributed by atoms with van der Waals surface area (Å²) in [6, 6.07) is 16.6. The van der Waals surface area contributed by atoms with Crippen LogP contribution in [0, 0.1) is 0 Å². The van der Waals surface area contributed by atoms with Gasteiger partial charge in [-0.3, -0.25) is 4.55 Å². The molecule has 0 aliphatic heterocycles. The zero-order valence-corrected chi connectivity index (χ0v) is 14.9. The van der Waals surface area contributed by atoms with Crippen LogP contribution >= 0.6 is 8.25 Å². The van der Waals surface area contributed by atoms with E-state index in [9.17, 15) is 13.0 Å². The lowest BCUT2D eigenvalue weighted by molar-refractivity contribution is 0.225. The molecule has 0 radical (unpaired) electrons. The molecule has 25 heavy (non-hydrogen) atoms. The summed E-state index contributed by atoms with van der Waals surface area (Å²) in [6.07, 6.45) is 0.776. The highest BCUT2D eigenvalue weighted by Gasteiger charge is 2.33. The lowest BCUT2D eigenvalue weighted by Crippen LogP contribution is -2.21. The predicted octanol–water partition coefficient (Wildman–Crippen LogP) is 3.68. The summed E-state index contributed by atoms with van der Waals surface area (Å²) in [6.45, 7) is 0. The van der Waals surface area contributed by atoms with Crippen LogP contribution < -0.4 is 4.74 Å². The van der Waals surface area contributed by atoms with Crippen molar-refractivity contribution in [2.45, 2.75) is 24.7 Å². The Morgan fingerprint density at radius 2 is 1.60 bits per heavy atom. The third-order valence-corrected chi connectivity index (χ3v) is 4.92. The van der Waals surface area contributed by atoms with Gasteiger partial charge in [0.1, 0.15) is 11.5 Å². The average Bonchev–Trinajstić information content (AvgIpc) is 2.55. The van der Waals surface area contributed by atoms with Crippen molar-refractivity contribution in [3.05, 3.63) is 60.2 Å². The lowest BCUT2D eigenvalue weighted by atomic mass is 10.1. The van der Waals surface area contributed by atoms with Crippen molar-refractivity contribution in [3.63, 3.8) is 0 Å². The summed E-state index contributed by atoms with van der Waals surface area (Å²) in [7, 11) is -7.65. The quantitative estimate of drug-likeness (QED) is 0.500. The number of rotatable bonds is 9. The van der Waals surface area contributed by atoms with Crippen molar-refractivity contribution < 1.29 is 31.7 Å². The summed E-state index contributed by atoms with van der Waals surface area (Å²) in [5.74, 6) is 1.40. The molecule has 2 aromatic carbocycles. The second kappa shape index (κ2) is 9.03. The van der Waals surface area contributed by atoms with Crippen LogP contribution in [0.1, 0.15) is 18.4 Å². The maximum absolute atomic E-state index is 11.1. The molecule has 9 heteroatoms. The summed E-state index contributed by atoms with van der Waals surface area (Å²) in [5, 5.41) is 0. The third kappa shape index (κ3) is 6.89. The molecule has 0 fully saturated rings. The summed E-state index contributed by atoms with van der Waals surface area (Å²) >= 11 is 0. The van der Waals surface area contributed by atoms with E-state index in [0.717, 1.165) is 11.3 Å². The van der Waals surface area contributed by atoms with Gasteiger partial charge in [0.2, 0.25) is 5.44 Å². The molecular formula is C16H18O7PS+. The van der Waals surface area contributed by atoms with Crippen LogP contribution in [0.3, 0.4) is 0 Å². The molecule has 0 aliphatic carbocycles. The van der Waals surface area contributed by atoms with E-state index in [4.69, 9.17) is 14.2 Å². The van der Waals surface area contributed by atoms with E-state index in [2.05, 4.69) is 4.52 Å². The Labute approximate surface area is 146 Å². The van der Waals surface area contributed by atoms with E-state index in [1.807, 2.05) is 42.5 Å². The van der Waals surface area contributed by atoms with Crippen LogP contribution in [-0.4, -0.2) is 23.3 Å². The fourth-order valence-corrected chi connectivity index (χ4v) is 3.61. The van der Waals surface area contributed by atoms with Crippen LogP contribution in [0.2, 0.25) is 0 Å². The number of ether oxygens (including phenoxy) is 1. The Morgan fingerprint density at radius 3 is 2.16 bits per heavy atom. The fourth-order valence-electron chi connectivity index (χ4n) is 2.18. The van der Waals surface area contributed by atoms with Gasteiger partial charge in [0.25, 0.3) is 10.1 Å². The van der Waals surface area contributed by atoms with Gasteiger partial charge in [0.15, 0.2) is 0 Å². The Bertz CT molecular complexity index is 791. The molecule has 2 N–H and O–H groups in total. The summed E-state index contributed by atoms with van der Waals surface area (Å²) in [4.78, 5) is 8.65. The molecule has 0 bridgehead atoms. The van der Waals surface area contributed by atoms with E-state index in [0.29, 0.717) is 18.6 Å². The van der Waals surface area contributed by atoms with E-state index < -0.39 is 23.8 Å². The minimum Gasteiger partial charge on any atom is -0.457 e. The van der Waals surface area contributed by atoms with Crippen molar-refractivity contribution in [1.29, 1.82) is 0 Å². The molecule has 7 nitrogen and oxygen atoms in total. The number of hydrogen-bond acceptors (Lipinski definition) is 5. The monoisotopic (exact) mass is 385 g/mol. The first-order valence-electron chi connectivity index (χ1n) is 7.45. The van der Waals surface area contributed by atoms with E-state index in [1.165, 1.54) is 0 Å². The first-order valence-corrected chi connectivity index (χ1v) is 10.1. The predicted molar refractivity (Wildman–Crippen MR) is 92.1 cm³/mol. The number of para-hydroxylation sites is 1. The fraction of sp³-hybridized carbons (Fsp3) is 0.250. The molecule has 2 atom stereocenters. The highest BCUT2D eigenvalue weighted by molar-refractivity contribution is 7.86. The van der Waals surface area contributed by atoms with Gasteiger partial charge in [0.05, 0.1) is 0 Å². The second-order valence-corrected chi connectivity index (χ2v) is 7.48. The standard InChI is InChI=1S/C16H17O7PS/c17-24(18)23-16(25(19,20)21)8-4-5-13-9-11-15(12-10-13)22-14-6-2-1-3-7-14/h1-3,6-7,9-12,16H,4-5,8H2,(H-,17,18,19,20,21)/p+1. The van der Waals surface area contributed by atoms with Gasteiger partial charge in [-0.2, -0.15) is 8.42 Å². The van der Waals surface area contributed by atoms with Crippen LogP contribution in [0.15, 0.2) is 54.6 Å². The van der Waals surface area contributed by atoms with Crippen molar-refractivity contribution in [1.82, 2.24) is 0 Å².